The highest BCUT2D eigenvalue weighted by molar-refractivity contribution is 7.20. The lowest BCUT2D eigenvalue weighted by Crippen LogP contribution is -2.20. The van der Waals surface area contributed by atoms with Gasteiger partial charge in [0.05, 0.1) is 12.0 Å². The van der Waals surface area contributed by atoms with Crippen LogP contribution >= 0.6 is 11.3 Å². The Hall–Kier alpha value is -3.99. The Bertz CT molecular complexity index is 1620. The molecular formula is C24H21N3O7S. The van der Waals surface area contributed by atoms with Crippen LogP contribution in [0.5, 0.6) is 0 Å². The fraction of sp³-hybridized carbons (Fsp3) is 0.292. The van der Waals surface area contributed by atoms with Crippen LogP contribution in [0.2, 0.25) is 0 Å². The second-order valence-electron chi connectivity index (χ2n) is 8.05. The summed E-state index contributed by atoms with van der Waals surface area (Å²) < 4.78 is 17.3. The van der Waals surface area contributed by atoms with E-state index in [1.807, 2.05) is 0 Å². The van der Waals surface area contributed by atoms with Crippen molar-refractivity contribution >= 4 is 50.3 Å². The molecule has 1 aliphatic rings. The van der Waals surface area contributed by atoms with Crippen LogP contribution in [0.4, 0.5) is 10.5 Å². The molecule has 35 heavy (non-hydrogen) atoms. The van der Waals surface area contributed by atoms with Crippen molar-refractivity contribution in [3.05, 3.63) is 66.9 Å². The van der Waals surface area contributed by atoms with Crippen LogP contribution in [0.25, 0.3) is 21.2 Å². The van der Waals surface area contributed by atoms with Gasteiger partial charge in [0.2, 0.25) is 0 Å². The maximum Gasteiger partial charge on any atom is 0.411 e. The van der Waals surface area contributed by atoms with E-state index in [4.69, 9.17) is 13.9 Å². The van der Waals surface area contributed by atoms with Gasteiger partial charge in [0.1, 0.15) is 27.7 Å². The Morgan fingerprint density at radius 1 is 1.23 bits per heavy atom. The molecule has 0 unspecified atom stereocenters. The molecule has 11 heteroatoms. The molecule has 180 valence electrons. The Morgan fingerprint density at radius 2 is 2.06 bits per heavy atom. The molecule has 5 rings (SSSR count). The number of hydrogen-bond acceptors (Lipinski definition) is 9. The van der Waals surface area contributed by atoms with E-state index in [2.05, 4.69) is 10.3 Å². The summed E-state index contributed by atoms with van der Waals surface area (Å²) in [6.45, 7) is 4.07. The number of benzene rings is 1. The van der Waals surface area contributed by atoms with E-state index in [0.717, 1.165) is 30.0 Å². The van der Waals surface area contributed by atoms with Crippen molar-refractivity contribution in [1.82, 2.24) is 9.55 Å². The van der Waals surface area contributed by atoms with Gasteiger partial charge in [0.25, 0.3) is 5.56 Å². The number of rotatable bonds is 5. The number of nitrogens with zero attached hydrogens (tertiary/aromatic N) is 2. The molecule has 0 fully saturated rings. The van der Waals surface area contributed by atoms with E-state index in [1.54, 1.807) is 30.5 Å². The fourth-order valence-electron chi connectivity index (χ4n) is 4.19. The molecule has 1 aliphatic heterocycles. The lowest BCUT2D eigenvalue weighted by atomic mass is 10.1. The molecule has 4 heterocycles. The average Bonchev–Trinajstić information content (AvgIpc) is 3.42. The molecule has 0 aliphatic carbocycles. The number of aromatic nitrogens is 2. The summed E-state index contributed by atoms with van der Waals surface area (Å²) in [4.78, 5) is 55.0. The maximum atomic E-state index is 12.9. The molecule has 0 saturated heterocycles. The van der Waals surface area contributed by atoms with Crippen LogP contribution < -0.4 is 16.5 Å². The van der Waals surface area contributed by atoms with Crippen molar-refractivity contribution < 1.29 is 23.5 Å². The summed E-state index contributed by atoms with van der Waals surface area (Å²) in [5.74, 6) is 0.139. The van der Waals surface area contributed by atoms with Gasteiger partial charge in [-0.3, -0.25) is 14.7 Å². The van der Waals surface area contributed by atoms with E-state index in [-0.39, 0.29) is 24.4 Å². The van der Waals surface area contributed by atoms with Crippen molar-refractivity contribution in [2.75, 3.05) is 11.9 Å². The van der Waals surface area contributed by atoms with Crippen LogP contribution in [0.15, 0.2) is 38.3 Å². The first-order chi connectivity index (χ1) is 16.9. The number of hydrogen-bond donors (Lipinski definition) is 1. The highest BCUT2D eigenvalue weighted by Gasteiger charge is 2.24. The monoisotopic (exact) mass is 495 g/mol. The first kappa shape index (κ1) is 22.8. The third-order valence-electron chi connectivity index (χ3n) is 5.81. The molecule has 0 spiro atoms. The van der Waals surface area contributed by atoms with Gasteiger partial charge in [0.15, 0.2) is 0 Å². The Morgan fingerprint density at radius 3 is 2.86 bits per heavy atom. The Balaban J connectivity index is 1.41. The molecule has 0 bridgehead atoms. The molecule has 10 nitrogen and oxygen atoms in total. The smallest absolute Gasteiger partial charge is 0.411 e. The molecule has 4 aromatic rings. The maximum absolute atomic E-state index is 12.9. The Labute approximate surface area is 202 Å². The number of anilines is 1. The van der Waals surface area contributed by atoms with Crippen molar-refractivity contribution in [3.63, 3.8) is 0 Å². The van der Waals surface area contributed by atoms with Gasteiger partial charge in [-0.05, 0) is 38.0 Å². The number of nitrogens with one attached hydrogen (secondary N) is 1. The quantitative estimate of drug-likeness (QED) is 0.327. The summed E-state index contributed by atoms with van der Waals surface area (Å²) in [5.41, 5.74) is 0.850. The van der Waals surface area contributed by atoms with Crippen LogP contribution in [-0.2, 0) is 29.0 Å². The summed E-state index contributed by atoms with van der Waals surface area (Å²) in [6, 6.07) is 6.02. The first-order valence-corrected chi connectivity index (χ1v) is 11.9. The topological polar surface area (TPSA) is 130 Å². The third kappa shape index (κ3) is 4.18. The second-order valence-corrected chi connectivity index (χ2v) is 9.05. The Kier molecular flexibility index (Phi) is 5.85. The van der Waals surface area contributed by atoms with Crippen LogP contribution in [0.3, 0.4) is 0 Å². The van der Waals surface area contributed by atoms with E-state index in [1.165, 1.54) is 12.1 Å². The lowest BCUT2D eigenvalue weighted by molar-refractivity contribution is 0.0479. The third-order valence-corrected chi connectivity index (χ3v) is 6.97. The second kappa shape index (κ2) is 8.99. The number of carbonyl (C=O) groups excluding carboxylic acids is 2. The van der Waals surface area contributed by atoms with Gasteiger partial charge < -0.3 is 13.9 Å². The average molecular weight is 496 g/mol. The van der Waals surface area contributed by atoms with Gasteiger partial charge in [-0.15, -0.1) is 11.3 Å². The van der Waals surface area contributed by atoms with Gasteiger partial charge in [-0.1, -0.05) is 0 Å². The van der Waals surface area contributed by atoms with Crippen molar-refractivity contribution in [1.29, 1.82) is 0 Å². The lowest BCUT2D eigenvalue weighted by Gasteiger charge is -2.09. The molecule has 0 atom stereocenters. The van der Waals surface area contributed by atoms with Crippen molar-refractivity contribution in [2.24, 2.45) is 0 Å². The minimum Gasteiger partial charge on any atom is -0.457 e. The van der Waals surface area contributed by atoms with Crippen LogP contribution in [0.1, 0.15) is 40.0 Å². The molecule has 3 aromatic heterocycles. The normalized spacial score (nSPS) is 12.6. The summed E-state index contributed by atoms with van der Waals surface area (Å²) in [6.07, 6.45) is 0.993. The zero-order chi connectivity index (χ0) is 24.7. The zero-order valence-electron chi connectivity index (χ0n) is 19.0. The van der Waals surface area contributed by atoms with E-state index < -0.39 is 17.7 Å². The van der Waals surface area contributed by atoms with Crippen LogP contribution in [0, 0.1) is 6.92 Å². The molecular weight excluding hydrogens is 474 g/mol. The minimum atomic E-state index is -0.627. The summed E-state index contributed by atoms with van der Waals surface area (Å²) >= 11 is 1.13. The molecule has 0 radical (unpaired) electrons. The van der Waals surface area contributed by atoms with Crippen LogP contribution in [-0.4, -0.2) is 28.2 Å². The van der Waals surface area contributed by atoms with E-state index >= 15 is 0 Å². The number of esters is 1. The standard InChI is InChI=1S/C24H21N3O7S/c1-3-32-24(31)25-14-6-7-15-13(9-18(28)34-16(15)10-14)11-33-23(30)20-12(2)19-21(35-20)26-17-5-4-8-27(17)22(19)29/h6-7,9-10H,3-5,8,11H2,1-2H3,(H,25,31). The molecule has 1 N–H and O–H groups in total. The highest BCUT2D eigenvalue weighted by Crippen LogP contribution is 2.30. The summed E-state index contributed by atoms with van der Waals surface area (Å²) in [7, 11) is 0. The van der Waals surface area contributed by atoms with E-state index in [0.29, 0.717) is 43.8 Å². The summed E-state index contributed by atoms with van der Waals surface area (Å²) in [5, 5.41) is 3.54. The highest BCUT2D eigenvalue weighted by atomic mass is 32.1. The molecule has 1 aromatic carbocycles. The number of carbonyl (C=O) groups is 2. The van der Waals surface area contributed by atoms with E-state index in [9.17, 15) is 19.2 Å². The van der Waals surface area contributed by atoms with Gasteiger partial charge in [-0.25, -0.2) is 19.4 Å². The zero-order valence-corrected chi connectivity index (χ0v) is 19.8. The van der Waals surface area contributed by atoms with Gasteiger partial charge in [-0.2, -0.15) is 0 Å². The number of amides is 1. The largest absolute Gasteiger partial charge is 0.457 e. The van der Waals surface area contributed by atoms with Gasteiger partial charge >= 0.3 is 17.7 Å². The number of fused-ring (bicyclic) bond motifs is 3. The number of ether oxygens (including phenoxy) is 2. The van der Waals surface area contributed by atoms with Gasteiger partial charge in [0, 0.05) is 41.7 Å². The molecule has 0 saturated carbocycles. The number of thiophene rings is 1. The van der Waals surface area contributed by atoms with Crippen molar-refractivity contribution in [2.45, 2.75) is 39.8 Å². The fourth-order valence-corrected chi connectivity index (χ4v) is 5.28. The van der Waals surface area contributed by atoms with Crippen molar-refractivity contribution in [3.8, 4) is 0 Å². The first-order valence-electron chi connectivity index (χ1n) is 11.1. The molecule has 1 amide bonds. The minimum absolute atomic E-state index is 0.130. The predicted octanol–water partition coefficient (Wildman–Crippen LogP) is 3.74. The SMILES string of the molecule is CCOC(=O)Nc1ccc2c(COC(=O)c3sc4nc5n(c(=O)c4c3C)CCC5)cc(=O)oc2c1. The number of aryl methyl sites for hydroxylation is 2. The predicted molar refractivity (Wildman–Crippen MR) is 129 cm³/mol.